The molecule has 2 aromatic rings. The van der Waals surface area contributed by atoms with E-state index in [-0.39, 0.29) is 18.4 Å². The summed E-state index contributed by atoms with van der Waals surface area (Å²) < 4.78 is 0. The second-order valence-electron chi connectivity index (χ2n) is 8.08. The molecule has 1 amide bonds. The number of hydrogen-bond acceptors (Lipinski definition) is 3. The van der Waals surface area contributed by atoms with Crippen molar-refractivity contribution in [3.05, 3.63) is 60.2 Å². The summed E-state index contributed by atoms with van der Waals surface area (Å²) in [6, 6.07) is 17.6. The predicted octanol–water partition coefficient (Wildman–Crippen LogP) is 3.60. The van der Waals surface area contributed by atoms with Gasteiger partial charge in [-0.15, -0.1) is 0 Å². The lowest BCUT2D eigenvalue weighted by Crippen LogP contribution is -2.48. The third kappa shape index (κ3) is 5.26. The van der Waals surface area contributed by atoms with Gasteiger partial charge in [0.2, 0.25) is 5.91 Å². The lowest BCUT2D eigenvalue weighted by Gasteiger charge is -2.33. The van der Waals surface area contributed by atoms with Crippen molar-refractivity contribution >= 4 is 17.8 Å². The fourth-order valence-electron chi connectivity index (χ4n) is 3.89. The van der Waals surface area contributed by atoms with Crippen LogP contribution in [0.5, 0.6) is 0 Å². The number of carboxylic acids is 2. The average molecular weight is 409 g/mol. The van der Waals surface area contributed by atoms with E-state index in [1.807, 2.05) is 54.6 Å². The maximum atomic E-state index is 12.6. The van der Waals surface area contributed by atoms with Gasteiger partial charge in [-0.2, -0.15) is 0 Å². The Labute approximate surface area is 175 Å². The minimum absolute atomic E-state index is 0.284. The van der Waals surface area contributed by atoms with Crippen LogP contribution in [0.2, 0.25) is 0 Å². The number of rotatable bonds is 9. The van der Waals surface area contributed by atoms with Crippen LogP contribution in [0.3, 0.4) is 0 Å². The summed E-state index contributed by atoms with van der Waals surface area (Å²) in [7, 11) is 0. The Morgan fingerprint density at radius 3 is 2.07 bits per heavy atom. The van der Waals surface area contributed by atoms with E-state index in [1.165, 1.54) is 0 Å². The van der Waals surface area contributed by atoms with E-state index in [0.29, 0.717) is 19.3 Å². The van der Waals surface area contributed by atoms with Crippen molar-refractivity contribution in [1.82, 2.24) is 5.32 Å². The molecule has 1 fully saturated rings. The summed E-state index contributed by atoms with van der Waals surface area (Å²) >= 11 is 0. The first-order valence-electron chi connectivity index (χ1n) is 10.3. The van der Waals surface area contributed by atoms with Crippen molar-refractivity contribution in [1.29, 1.82) is 0 Å². The van der Waals surface area contributed by atoms with Gasteiger partial charge in [-0.25, -0.2) is 0 Å². The lowest BCUT2D eigenvalue weighted by atomic mass is 9.73. The van der Waals surface area contributed by atoms with E-state index in [0.717, 1.165) is 16.7 Å². The van der Waals surface area contributed by atoms with Gasteiger partial charge in [0.1, 0.15) is 0 Å². The van der Waals surface area contributed by atoms with Crippen LogP contribution < -0.4 is 5.32 Å². The molecule has 6 nitrogen and oxygen atoms in total. The number of aliphatic carboxylic acids is 2. The normalized spacial score (nSPS) is 19.9. The maximum absolute atomic E-state index is 12.6. The van der Waals surface area contributed by atoms with E-state index in [1.54, 1.807) is 6.92 Å². The minimum Gasteiger partial charge on any atom is -0.481 e. The quantitative estimate of drug-likeness (QED) is 0.587. The minimum atomic E-state index is -0.951. The van der Waals surface area contributed by atoms with Gasteiger partial charge >= 0.3 is 11.9 Å². The third-order valence-electron chi connectivity index (χ3n) is 5.88. The molecular weight excluding hydrogens is 382 g/mol. The summed E-state index contributed by atoms with van der Waals surface area (Å²) in [4.78, 5) is 35.2. The van der Waals surface area contributed by atoms with Gasteiger partial charge in [0, 0.05) is 6.04 Å². The molecule has 158 valence electrons. The molecule has 1 saturated carbocycles. The molecule has 2 unspecified atom stereocenters. The number of carbonyl (C=O) groups is 3. The smallest absolute Gasteiger partial charge is 0.307 e. The number of hydrogen-bond donors (Lipinski definition) is 3. The lowest BCUT2D eigenvalue weighted by molar-refractivity contribution is -0.153. The third-order valence-corrected chi connectivity index (χ3v) is 5.88. The Kier molecular flexibility index (Phi) is 6.87. The van der Waals surface area contributed by atoms with E-state index in [9.17, 15) is 24.6 Å². The zero-order valence-electron chi connectivity index (χ0n) is 17.0. The molecule has 0 spiro atoms. The van der Waals surface area contributed by atoms with Crippen LogP contribution in [0.15, 0.2) is 54.6 Å². The van der Waals surface area contributed by atoms with E-state index in [4.69, 9.17) is 0 Å². The molecule has 0 saturated heterocycles. The number of nitrogens with one attached hydrogen (secondary N) is 1. The molecule has 4 atom stereocenters. The highest BCUT2D eigenvalue weighted by Crippen LogP contribution is 2.34. The summed E-state index contributed by atoms with van der Waals surface area (Å²) in [5.74, 6) is -3.96. The summed E-state index contributed by atoms with van der Waals surface area (Å²) in [6.45, 7) is 1.61. The molecule has 0 aliphatic heterocycles. The molecule has 30 heavy (non-hydrogen) atoms. The zero-order chi connectivity index (χ0) is 21.7. The van der Waals surface area contributed by atoms with Gasteiger partial charge in [-0.1, -0.05) is 61.5 Å². The second-order valence-corrected chi connectivity index (χ2v) is 8.08. The SMILES string of the molecule is CC(CC(Cc1ccc(-c2ccccc2)cc1)NC(=O)[C@H]1CC[C@H]1C(=O)O)C(=O)O. The summed E-state index contributed by atoms with van der Waals surface area (Å²) in [5, 5.41) is 21.4. The highest BCUT2D eigenvalue weighted by molar-refractivity contribution is 5.86. The Morgan fingerprint density at radius 1 is 0.933 bits per heavy atom. The maximum Gasteiger partial charge on any atom is 0.307 e. The van der Waals surface area contributed by atoms with Crippen LogP contribution in [0, 0.1) is 17.8 Å². The second kappa shape index (κ2) is 9.57. The number of amides is 1. The molecule has 3 rings (SSSR count). The first kappa shape index (κ1) is 21.6. The molecule has 0 bridgehead atoms. The van der Waals surface area contributed by atoms with Gasteiger partial charge in [0.25, 0.3) is 0 Å². The number of carboxylic acid groups (broad SMARTS) is 2. The van der Waals surface area contributed by atoms with Crippen molar-refractivity contribution in [2.75, 3.05) is 0 Å². The first-order valence-corrected chi connectivity index (χ1v) is 10.3. The summed E-state index contributed by atoms with van der Waals surface area (Å²) in [6.07, 6.45) is 1.83. The van der Waals surface area contributed by atoms with Gasteiger partial charge in [0.15, 0.2) is 0 Å². The van der Waals surface area contributed by atoms with Crippen molar-refractivity contribution in [3.63, 3.8) is 0 Å². The Morgan fingerprint density at radius 2 is 1.53 bits per heavy atom. The number of benzene rings is 2. The number of carbonyl (C=O) groups excluding carboxylic acids is 1. The predicted molar refractivity (Wildman–Crippen MR) is 113 cm³/mol. The van der Waals surface area contributed by atoms with Gasteiger partial charge in [-0.3, -0.25) is 14.4 Å². The highest BCUT2D eigenvalue weighted by atomic mass is 16.4. The average Bonchev–Trinajstić information content (AvgIpc) is 2.67. The van der Waals surface area contributed by atoms with Crippen molar-refractivity contribution < 1.29 is 24.6 Å². The largest absolute Gasteiger partial charge is 0.481 e. The standard InChI is InChI=1S/C24H27NO5/c1-15(23(27)28)13-19(25-22(26)20-11-12-21(20)24(29)30)14-16-7-9-18(10-8-16)17-5-3-2-4-6-17/h2-10,15,19-21H,11-14H2,1H3,(H,25,26)(H,27,28)(H,29,30)/t15?,19?,20-,21+/m0/s1. The molecule has 0 heterocycles. The van der Waals surface area contributed by atoms with Crippen LogP contribution >= 0.6 is 0 Å². The van der Waals surface area contributed by atoms with Gasteiger partial charge < -0.3 is 15.5 Å². The molecule has 1 aliphatic rings. The fraction of sp³-hybridized carbons (Fsp3) is 0.375. The van der Waals surface area contributed by atoms with Crippen LogP contribution in [-0.4, -0.2) is 34.1 Å². The molecule has 1 aliphatic carbocycles. The van der Waals surface area contributed by atoms with Gasteiger partial charge in [-0.05, 0) is 42.4 Å². The molecular formula is C24H27NO5. The van der Waals surface area contributed by atoms with E-state index >= 15 is 0 Å². The molecule has 6 heteroatoms. The Balaban J connectivity index is 1.70. The monoisotopic (exact) mass is 409 g/mol. The molecule has 3 N–H and O–H groups in total. The zero-order valence-corrected chi connectivity index (χ0v) is 17.0. The Bertz CT molecular complexity index is 894. The highest BCUT2D eigenvalue weighted by Gasteiger charge is 2.42. The van der Waals surface area contributed by atoms with Crippen molar-refractivity contribution in [2.24, 2.45) is 17.8 Å². The van der Waals surface area contributed by atoms with Crippen LogP contribution in [0.1, 0.15) is 31.7 Å². The summed E-state index contributed by atoms with van der Waals surface area (Å²) in [5.41, 5.74) is 3.18. The van der Waals surface area contributed by atoms with E-state index in [2.05, 4.69) is 5.32 Å². The van der Waals surface area contributed by atoms with Crippen molar-refractivity contribution in [2.45, 2.75) is 38.6 Å². The molecule has 2 aromatic carbocycles. The first-order chi connectivity index (χ1) is 14.3. The molecule has 0 radical (unpaired) electrons. The van der Waals surface area contributed by atoms with Crippen molar-refractivity contribution in [3.8, 4) is 11.1 Å². The molecule has 0 aromatic heterocycles. The van der Waals surface area contributed by atoms with Crippen LogP contribution in [0.25, 0.3) is 11.1 Å². The van der Waals surface area contributed by atoms with Crippen LogP contribution in [0.4, 0.5) is 0 Å². The fourth-order valence-corrected chi connectivity index (χ4v) is 3.89. The van der Waals surface area contributed by atoms with E-state index < -0.39 is 29.7 Å². The topological polar surface area (TPSA) is 104 Å². The van der Waals surface area contributed by atoms with Gasteiger partial charge in [0.05, 0.1) is 17.8 Å². The van der Waals surface area contributed by atoms with Crippen LogP contribution in [-0.2, 0) is 20.8 Å². The Hall–Kier alpha value is -3.15.